The summed E-state index contributed by atoms with van der Waals surface area (Å²) < 4.78 is 10.4. The lowest BCUT2D eigenvalue weighted by Gasteiger charge is -2.26. The van der Waals surface area contributed by atoms with E-state index in [4.69, 9.17) is 9.47 Å². The van der Waals surface area contributed by atoms with Crippen molar-refractivity contribution in [2.24, 2.45) is 0 Å². The molecule has 0 bridgehead atoms. The highest BCUT2D eigenvalue weighted by atomic mass is 16.5. The third-order valence-electron chi connectivity index (χ3n) is 5.23. The Morgan fingerprint density at radius 2 is 1.93 bits per heavy atom. The van der Waals surface area contributed by atoms with E-state index in [1.54, 1.807) is 19.2 Å². The van der Waals surface area contributed by atoms with Gasteiger partial charge in [0.15, 0.2) is 11.5 Å². The number of nitriles is 1. The van der Waals surface area contributed by atoms with Gasteiger partial charge in [0, 0.05) is 0 Å². The summed E-state index contributed by atoms with van der Waals surface area (Å²) in [6.45, 7) is 3.73. The average molecular weight is 383 g/mol. The zero-order valence-electron chi connectivity index (χ0n) is 17.0. The molecule has 5 heteroatoms. The summed E-state index contributed by atoms with van der Waals surface area (Å²) >= 11 is 0. The molecule has 2 aromatic rings. The van der Waals surface area contributed by atoms with Gasteiger partial charge in [0.05, 0.1) is 25.7 Å². The Balaban J connectivity index is 1.86. The largest absolute Gasteiger partial charge is 0.504 e. The van der Waals surface area contributed by atoms with Crippen molar-refractivity contribution < 1.29 is 14.6 Å². The number of benzene rings is 2. The van der Waals surface area contributed by atoms with Gasteiger partial charge >= 0.3 is 0 Å². The fourth-order valence-corrected chi connectivity index (χ4v) is 3.41. The van der Waals surface area contributed by atoms with Gasteiger partial charge in [-0.3, -0.25) is 0 Å². The van der Waals surface area contributed by atoms with Gasteiger partial charge in [0.1, 0.15) is 5.75 Å². The Morgan fingerprint density at radius 1 is 1.11 bits per heavy atom. The minimum atomic E-state index is -0.599. The molecule has 150 valence electrons. The smallest absolute Gasteiger partial charge is 0.160 e. The molecular formula is C23H30N2O3. The van der Waals surface area contributed by atoms with E-state index in [0.29, 0.717) is 12.2 Å². The van der Waals surface area contributed by atoms with Crippen molar-refractivity contribution in [3.63, 3.8) is 0 Å². The molecule has 2 aromatic carbocycles. The summed E-state index contributed by atoms with van der Waals surface area (Å²) in [7, 11) is 3.19. The minimum absolute atomic E-state index is 0.0736. The van der Waals surface area contributed by atoms with Crippen LogP contribution in [0.2, 0.25) is 0 Å². The molecule has 1 unspecified atom stereocenters. The van der Waals surface area contributed by atoms with Crippen LogP contribution in [-0.2, 0) is 11.8 Å². The second-order valence-corrected chi connectivity index (χ2v) is 6.89. The normalized spacial score (nSPS) is 12.8. The van der Waals surface area contributed by atoms with E-state index in [1.165, 1.54) is 12.7 Å². The number of phenols is 1. The molecule has 0 amide bonds. The quantitative estimate of drug-likeness (QED) is 0.570. The number of nitrogens with one attached hydrogen (secondary N) is 1. The Morgan fingerprint density at radius 3 is 2.57 bits per heavy atom. The van der Waals surface area contributed by atoms with E-state index >= 15 is 0 Å². The zero-order valence-corrected chi connectivity index (χ0v) is 17.0. The van der Waals surface area contributed by atoms with Gasteiger partial charge in [-0.15, -0.1) is 0 Å². The fraction of sp³-hybridized carbons (Fsp3) is 0.435. The molecule has 2 N–H and O–H groups in total. The molecule has 0 aliphatic heterocycles. The van der Waals surface area contributed by atoms with Gasteiger partial charge in [-0.05, 0) is 74.2 Å². The number of methoxy groups -OCH3 is 2. The lowest BCUT2D eigenvalue weighted by Crippen LogP contribution is -2.26. The fourth-order valence-electron chi connectivity index (χ4n) is 3.41. The van der Waals surface area contributed by atoms with Crippen LogP contribution in [0.1, 0.15) is 37.3 Å². The van der Waals surface area contributed by atoms with Crippen molar-refractivity contribution in [1.29, 1.82) is 5.26 Å². The third kappa shape index (κ3) is 5.40. The second kappa shape index (κ2) is 10.6. The van der Waals surface area contributed by atoms with E-state index in [0.717, 1.165) is 43.7 Å². The molecule has 2 rings (SSSR count). The van der Waals surface area contributed by atoms with Gasteiger partial charge < -0.3 is 19.9 Å². The highest BCUT2D eigenvalue weighted by Gasteiger charge is 2.30. The molecular weight excluding hydrogens is 352 g/mol. The number of aromatic hydroxyl groups is 1. The molecule has 0 saturated carbocycles. The molecule has 0 aliphatic rings. The number of hydrogen-bond acceptors (Lipinski definition) is 5. The monoisotopic (exact) mass is 382 g/mol. The summed E-state index contributed by atoms with van der Waals surface area (Å²) in [5, 5.41) is 23.4. The SMILES string of the molecule is CCC(C#N)(CCCNCCc1cccc(OC)c1)c1ccc(OC)c(O)c1. The molecule has 0 fully saturated rings. The van der Waals surface area contributed by atoms with Crippen LogP contribution >= 0.6 is 0 Å². The zero-order chi connectivity index (χ0) is 20.4. The number of ether oxygens (including phenoxy) is 2. The van der Waals surface area contributed by atoms with Crippen LogP contribution < -0.4 is 14.8 Å². The Bertz CT molecular complexity index is 801. The molecule has 0 aromatic heterocycles. The second-order valence-electron chi connectivity index (χ2n) is 6.89. The topological polar surface area (TPSA) is 74.5 Å². The van der Waals surface area contributed by atoms with Gasteiger partial charge in [0.2, 0.25) is 0 Å². The molecule has 0 aliphatic carbocycles. The van der Waals surface area contributed by atoms with E-state index in [9.17, 15) is 10.4 Å². The molecule has 28 heavy (non-hydrogen) atoms. The lowest BCUT2D eigenvalue weighted by atomic mass is 9.75. The van der Waals surface area contributed by atoms with Crippen LogP contribution in [0.4, 0.5) is 0 Å². The number of nitrogens with zero attached hydrogens (tertiary/aromatic N) is 1. The van der Waals surface area contributed by atoms with Crippen molar-refractivity contribution >= 4 is 0 Å². The third-order valence-corrected chi connectivity index (χ3v) is 5.23. The van der Waals surface area contributed by atoms with Crippen LogP contribution in [0.5, 0.6) is 17.2 Å². The minimum Gasteiger partial charge on any atom is -0.504 e. The van der Waals surface area contributed by atoms with Crippen LogP contribution in [0, 0.1) is 11.3 Å². The first-order valence-corrected chi connectivity index (χ1v) is 9.71. The van der Waals surface area contributed by atoms with Crippen LogP contribution in [0.25, 0.3) is 0 Å². The first kappa shape index (κ1) is 21.6. The summed E-state index contributed by atoms with van der Waals surface area (Å²) in [4.78, 5) is 0. The molecule has 0 heterocycles. The Kier molecular flexibility index (Phi) is 8.16. The molecule has 0 spiro atoms. The molecule has 1 atom stereocenters. The van der Waals surface area contributed by atoms with Crippen molar-refractivity contribution in [3.05, 3.63) is 53.6 Å². The van der Waals surface area contributed by atoms with Crippen LogP contribution in [0.3, 0.4) is 0 Å². The number of hydrogen-bond donors (Lipinski definition) is 2. The summed E-state index contributed by atoms with van der Waals surface area (Å²) in [5.41, 5.74) is 1.48. The molecule has 5 nitrogen and oxygen atoms in total. The van der Waals surface area contributed by atoms with Crippen molar-refractivity contribution in [3.8, 4) is 23.3 Å². The van der Waals surface area contributed by atoms with Crippen molar-refractivity contribution in [2.75, 3.05) is 27.3 Å². The molecule has 0 radical (unpaired) electrons. The van der Waals surface area contributed by atoms with Crippen molar-refractivity contribution in [2.45, 2.75) is 38.0 Å². The van der Waals surface area contributed by atoms with Gasteiger partial charge in [-0.1, -0.05) is 25.1 Å². The van der Waals surface area contributed by atoms with E-state index < -0.39 is 5.41 Å². The Hall–Kier alpha value is -2.71. The summed E-state index contributed by atoms with van der Waals surface area (Å²) in [6, 6.07) is 15.8. The first-order chi connectivity index (χ1) is 13.6. The van der Waals surface area contributed by atoms with Gasteiger partial charge in [0.25, 0.3) is 0 Å². The number of phenolic OH excluding ortho intramolecular Hbond substituents is 1. The maximum absolute atomic E-state index is 10.1. The molecule has 0 saturated heterocycles. The first-order valence-electron chi connectivity index (χ1n) is 9.71. The van der Waals surface area contributed by atoms with Crippen molar-refractivity contribution in [1.82, 2.24) is 5.32 Å². The average Bonchev–Trinajstić information content (AvgIpc) is 2.74. The van der Waals surface area contributed by atoms with Gasteiger partial charge in [-0.25, -0.2) is 0 Å². The van der Waals surface area contributed by atoms with E-state index in [-0.39, 0.29) is 5.75 Å². The maximum atomic E-state index is 10.1. The Labute approximate surface area is 167 Å². The highest BCUT2D eigenvalue weighted by molar-refractivity contribution is 5.46. The lowest BCUT2D eigenvalue weighted by molar-refractivity contribution is 0.371. The van der Waals surface area contributed by atoms with Crippen LogP contribution in [0.15, 0.2) is 42.5 Å². The predicted octanol–water partition coefficient (Wildman–Crippen LogP) is 4.19. The standard InChI is InChI=1S/C23H30N2O3/c1-4-23(17-24,19-9-10-22(28-3)21(26)16-19)12-6-13-25-14-11-18-7-5-8-20(15-18)27-2/h5,7-10,15-16,25-26H,4,6,11-14H2,1-3H3. The highest BCUT2D eigenvalue weighted by Crippen LogP contribution is 2.37. The van der Waals surface area contributed by atoms with Gasteiger partial charge in [-0.2, -0.15) is 5.26 Å². The summed E-state index contributed by atoms with van der Waals surface area (Å²) in [6.07, 6.45) is 3.24. The predicted molar refractivity (Wildman–Crippen MR) is 111 cm³/mol. The van der Waals surface area contributed by atoms with Crippen LogP contribution in [-0.4, -0.2) is 32.4 Å². The number of rotatable bonds is 11. The summed E-state index contributed by atoms with van der Waals surface area (Å²) in [5.74, 6) is 1.37. The maximum Gasteiger partial charge on any atom is 0.160 e. The van der Waals surface area contributed by atoms with E-state index in [1.807, 2.05) is 25.1 Å². The van der Waals surface area contributed by atoms with E-state index in [2.05, 4.69) is 23.5 Å².